The number of ether oxygens (including phenoxy) is 2. The van der Waals surface area contributed by atoms with Gasteiger partial charge in [0.15, 0.2) is 6.29 Å². The second kappa shape index (κ2) is 9.23. The smallest absolute Gasteiger partial charge is 0.297 e. The van der Waals surface area contributed by atoms with Crippen molar-refractivity contribution < 1.29 is 22.1 Å². The van der Waals surface area contributed by atoms with E-state index in [1.807, 2.05) is 6.92 Å². The van der Waals surface area contributed by atoms with Gasteiger partial charge in [-0.2, -0.15) is 13.5 Å². The summed E-state index contributed by atoms with van der Waals surface area (Å²) in [5.74, 6) is 0. The Labute approximate surface area is 189 Å². The number of halogens is 2. The Balaban J connectivity index is 1.54. The lowest BCUT2D eigenvalue weighted by Crippen LogP contribution is -2.25. The molecular weight excluding hydrogens is 465 g/mol. The first-order valence-electron chi connectivity index (χ1n) is 9.36. The molecule has 1 fully saturated rings. The average Bonchev–Trinajstić information content (AvgIpc) is 3.37. The molecule has 0 bridgehead atoms. The Bertz CT molecular complexity index is 1140. The molecule has 3 atom stereocenters. The van der Waals surface area contributed by atoms with Gasteiger partial charge in [0, 0.05) is 15.6 Å². The Morgan fingerprint density at radius 1 is 1.13 bits per heavy atom. The van der Waals surface area contributed by atoms with Crippen LogP contribution in [0.25, 0.3) is 0 Å². The zero-order valence-corrected chi connectivity index (χ0v) is 18.7. The molecule has 0 unspecified atom stereocenters. The first-order chi connectivity index (χ1) is 14.8. The van der Waals surface area contributed by atoms with Crippen molar-refractivity contribution in [1.29, 1.82) is 0 Å². The molecule has 0 N–H and O–H groups in total. The summed E-state index contributed by atoms with van der Waals surface area (Å²) in [5, 5.41) is 4.90. The van der Waals surface area contributed by atoms with E-state index in [1.165, 1.54) is 24.8 Å². The molecule has 2 heterocycles. The Kier molecular flexibility index (Phi) is 6.61. The van der Waals surface area contributed by atoms with Crippen molar-refractivity contribution >= 4 is 33.3 Å². The number of rotatable bonds is 7. The first-order valence-corrected chi connectivity index (χ1v) is 11.5. The molecule has 1 aliphatic heterocycles. The van der Waals surface area contributed by atoms with Gasteiger partial charge < -0.3 is 9.47 Å². The third-order valence-electron chi connectivity index (χ3n) is 4.73. The molecule has 31 heavy (non-hydrogen) atoms. The maximum atomic E-state index is 12.6. The molecule has 0 spiro atoms. The fourth-order valence-corrected chi connectivity index (χ4v) is 4.61. The summed E-state index contributed by atoms with van der Waals surface area (Å²) in [7, 11) is -3.97. The largest absolute Gasteiger partial charge is 0.342 e. The lowest BCUT2D eigenvalue weighted by atomic mass is 10.1. The molecule has 0 radical (unpaired) electrons. The third kappa shape index (κ3) is 5.25. The average molecular weight is 484 g/mol. The minimum absolute atomic E-state index is 0.0669. The highest BCUT2D eigenvalue weighted by molar-refractivity contribution is 7.86. The van der Waals surface area contributed by atoms with Crippen LogP contribution in [0.5, 0.6) is 0 Å². The maximum absolute atomic E-state index is 12.6. The number of hydrogen-bond acceptors (Lipinski definition) is 7. The summed E-state index contributed by atoms with van der Waals surface area (Å²) in [6.07, 6.45) is 0.841. The van der Waals surface area contributed by atoms with Crippen LogP contribution < -0.4 is 0 Å². The van der Waals surface area contributed by atoms with Crippen molar-refractivity contribution in [2.45, 2.75) is 36.9 Å². The van der Waals surface area contributed by atoms with Gasteiger partial charge in [0.1, 0.15) is 24.9 Å². The highest BCUT2D eigenvalue weighted by Crippen LogP contribution is 2.38. The summed E-state index contributed by atoms with van der Waals surface area (Å²) >= 11 is 12.4. The maximum Gasteiger partial charge on any atom is 0.297 e. The number of benzene rings is 2. The van der Waals surface area contributed by atoms with E-state index in [9.17, 15) is 8.42 Å². The molecule has 8 nitrogen and oxygen atoms in total. The highest BCUT2D eigenvalue weighted by atomic mass is 35.5. The van der Waals surface area contributed by atoms with E-state index in [4.69, 9.17) is 36.9 Å². The van der Waals surface area contributed by atoms with Crippen molar-refractivity contribution in [1.82, 2.24) is 14.8 Å². The van der Waals surface area contributed by atoms with Crippen LogP contribution >= 0.6 is 23.2 Å². The fraction of sp³-hybridized carbons (Fsp3) is 0.300. The zero-order chi connectivity index (χ0) is 22.0. The Morgan fingerprint density at radius 2 is 1.90 bits per heavy atom. The number of aryl methyl sites for hydroxylation is 1. The molecule has 11 heteroatoms. The van der Waals surface area contributed by atoms with E-state index in [-0.39, 0.29) is 18.0 Å². The lowest BCUT2D eigenvalue weighted by molar-refractivity contribution is -0.0810. The number of aromatic nitrogens is 3. The van der Waals surface area contributed by atoms with Crippen molar-refractivity contribution in [3.63, 3.8) is 0 Å². The van der Waals surface area contributed by atoms with Gasteiger partial charge in [0.2, 0.25) is 0 Å². The van der Waals surface area contributed by atoms with E-state index in [2.05, 4.69) is 10.1 Å². The van der Waals surface area contributed by atoms with Gasteiger partial charge in [-0.15, -0.1) is 0 Å². The predicted molar refractivity (Wildman–Crippen MR) is 113 cm³/mol. The van der Waals surface area contributed by atoms with E-state index in [0.29, 0.717) is 15.6 Å². The monoisotopic (exact) mass is 483 g/mol. The third-order valence-corrected chi connectivity index (χ3v) is 6.59. The minimum atomic E-state index is -3.97. The van der Waals surface area contributed by atoms with Crippen molar-refractivity contribution in [3.05, 3.63) is 76.3 Å². The lowest BCUT2D eigenvalue weighted by Gasteiger charge is -2.18. The van der Waals surface area contributed by atoms with Crippen LogP contribution in [0.2, 0.25) is 10.0 Å². The van der Waals surface area contributed by atoms with Crippen LogP contribution in [0.1, 0.15) is 17.2 Å². The molecule has 1 aliphatic rings. The number of hydrogen-bond donors (Lipinski definition) is 0. The van der Waals surface area contributed by atoms with Crippen LogP contribution in [-0.2, 0) is 30.3 Å². The highest BCUT2D eigenvalue weighted by Gasteiger charge is 2.39. The topological polar surface area (TPSA) is 92.5 Å². The van der Waals surface area contributed by atoms with Gasteiger partial charge in [-0.05, 0) is 31.2 Å². The van der Waals surface area contributed by atoms with Gasteiger partial charge in [0.05, 0.1) is 18.0 Å². The van der Waals surface area contributed by atoms with Crippen molar-refractivity contribution in [2.24, 2.45) is 0 Å². The molecule has 0 aliphatic carbocycles. The Hall–Kier alpha value is -2.01. The van der Waals surface area contributed by atoms with Crippen LogP contribution in [-0.4, -0.2) is 42.2 Å². The second-order valence-corrected chi connectivity index (χ2v) is 9.45. The van der Waals surface area contributed by atoms with E-state index in [1.54, 1.807) is 35.0 Å². The van der Waals surface area contributed by atoms with Gasteiger partial charge in [-0.25, -0.2) is 9.67 Å². The van der Waals surface area contributed by atoms with Gasteiger partial charge >= 0.3 is 0 Å². The fourth-order valence-electron chi connectivity index (χ4n) is 3.18. The van der Waals surface area contributed by atoms with Crippen LogP contribution in [0.3, 0.4) is 0 Å². The van der Waals surface area contributed by atoms with Gasteiger partial charge in [0.25, 0.3) is 10.1 Å². The summed E-state index contributed by atoms with van der Waals surface area (Å²) < 4.78 is 44.0. The SMILES string of the molecule is Cc1ccc(S(=O)(=O)OC[C@H]2O[C@H](Cn3cncn3)O[C@H]2c2ccc(Cl)cc2Cl)cc1. The number of nitrogens with zero attached hydrogens (tertiary/aromatic N) is 3. The van der Waals surface area contributed by atoms with Crippen LogP contribution in [0.15, 0.2) is 60.0 Å². The molecule has 3 aromatic rings. The first kappa shape index (κ1) is 22.2. The predicted octanol–water partition coefficient (Wildman–Crippen LogP) is 3.78. The van der Waals surface area contributed by atoms with Gasteiger partial charge in [-0.3, -0.25) is 4.18 Å². The summed E-state index contributed by atoms with van der Waals surface area (Å²) in [4.78, 5) is 3.96. The summed E-state index contributed by atoms with van der Waals surface area (Å²) in [5.41, 5.74) is 1.56. The standard InChI is InChI=1S/C20H19Cl2N3O5S/c1-13-2-5-15(6-3-13)31(26,27)28-10-18-20(16-7-4-14(21)8-17(16)22)30-19(29-18)9-25-12-23-11-24-25/h2-8,11-12,18-20H,9-10H2,1H3/t18-,19+,20+/m1/s1. The normalized spacial score (nSPS) is 21.5. The zero-order valence-electron chi connectivity index (χ0n) is 16.4. The molecule has 1 aromatic heterocycles. The Morgan fingerprint density at radius 3 is 2.58 bits per heavy atom. The second-order valence-electron chi connectivity index (χ2n) is 7.00. The summed E-state index contributed by atoms with van der Waals surface area (Å²) in [6.45, 7) is 1.88. The molecule has 4 rings (SSSR count). The van der Waals surface area contributed by atoms with E-state index >= 15 is 0 Å². The van der Waals surface area contributed by atoms with Crippen LogP contribution in [0, 0.1) is 6.92 Å². The van der Waals surface area contributed by atoms with Crippen molar-refractivity contribution in [3.8, 4) is 0 Å². The van der Waals surface area contributed by atoms with Crippen molar-refractivity contribution in [2.75, 3.05) is 6.61 Å². The molecule has 2 aromatic carbocycles. The molecule has 1 saturated heterocycles. The van der Waals surface area contributed by atoms with E-state index in [0.717, 1.165) is 5.56 Å². The minimum Gasteiger partial charge on any atom is -0.342 e. The van der Waals surface area contributed by atoms with Gasteiger partial charge in [-0.1, -0.05) is 47.0 Å². The molecule has 0 saturated carbocycles. The van der Waals surface area contributed by atoms with Crippen LogP contribution in [0.4, 0.5) is 0 Å². The molecule has 164 valence electrons. The molecule has 0 amide bonds. The van der Waals surface area contributed by atoms with E-state index < -0.39 is 28.6 Å². The molecular formula is C20H19Cl2N3O5S. The summed E-state index contributed by atoms with van der Waals surface area (Å²) in [6, 6.07) is 11.4. The quantitative estimate of drug-likeness (QED) is 0.472.